The van der Waals surface area contributed by atoms with E-state index in [9.17, 15) is 0 Å². The molecule has 0 aliphatic heterocycles. The van der Waals surface area contributed by atoms with Crippen LogP contribution in [-0.4, -0.2) is 5.84 Å². The molecule has 18 heavy (non-hydrogen) atoms. The first-order valence-corrected chi connectivity index (χ1v) is 6.39. The second kappa shape index (κ2) is 4.81. The molecule has 0 bridgehead atoms. The Morgan fingerprint density at radius 3 is 2.67 bits per heavy atom. The predicted molar refractivity (Wildman–Crippen MR) is 76.9 cm³/mol. The summed E-state index contributed by atoms with van der Waals surface area (Å²) >= 11 is 0. The van der Waals surface area contributed by atoms with Crippen molar-refractivity contribution in [2.75, 3.05) is 0 Å². The fourth-order valence-electron chi connectivity index (χ4n) is 2.54. The van der Waals surface area contributed by atoms with Crippen molar-refractivity contribution in [1.29, 1.82) is 5.41 Å². The fourth-order valence-corrected chi connectivity index (χ4v) is 2.54. The molecule has 1 aliphatic rings. The standard InChI is InChI=1S/C16H20N2/c1-3-13-6-4-5-7-14(13)16(15(17)18)10-8-12(2)9-11-16/h4-10H,3,11H2,1-2H3,(H3,17,18). The quantitative estimate of drug-likeness (QED) is 0.618. The number of aryl methyl sites for hydroxylation is 1. The lowest BCUT2D eigenvalue weighted by molar-refractivity contribution is 0.692. The van der Waals surface area contributed by atoms with Crippen molar-refractivity contribution < 1.29 is 0 Å². The molecule has 2 rings (SSSR count). The highest BCUT2D eigenvalue weighted by Crippen LogP contribution is 2.36. The highest BCUT2D eigenvalue weighted by atomic mass is 14.7. The zero-order valence-corrected chi connectivity index (χ0v) is 11.0. The number of amidine groups is 1. The molecule has 0 spiro atoms. The van der Waals surface area contributed by atoms with E-state index in [0.29, 0.717) is 0 Å². The van der Waals surface area contributed by atoms with Crippen LogP contribution in [0.4, 0.5) is 0 Å². The van der Waals surface area contributed by atoms with Gasteiger partial charge in [-0.05, 0) is 30.9 Å². The highest BCUT2D eigenvalue weighted by molar-refractivity contribution is 5.92. The van der Waals surface area contributed by atoms with Gasteiger partial charge in [0, 0.05) is 0 Å². The van der Waals surface area contributed by atoms with Crippen LogP contribution in [0.3, 0.4) is 0 Å². The summed E-state index contributed by atoms with van der Waals surface area (Å²) in [6.45, 7) is 4.21. The second-order valence-electron chi connectivity index (χ2n) is 4.88. The Hall–Kier alpha value is -1.83. The molecule has 0 aromatic heterocycles. The SMILES string of the molecule is CCc1ccccc1C1(C(=N)N)C=CC(C)=CC1. The van der Waals surface area contributed by atoms with Crippen LogP contribution in [-0.2, 0) is 11.8 Å². The fraction of sp³-hybridized carbons (Fsp3) is 0.312. The van der Waals surface area contributed by atoms with Gasteiger partial charge in [-0.25, -0.2) is 0 Å². The molecule has 0 saturated heterocycles. The molecule has 1 unspecified atom stereocenters. The van der Waals surface area contributed by atoms with Crippen LogP contribution in [0.1, 0.15) is 31.4 Å². The Morgan fingerprint density at radius 1 is 1.39 bits per heavy atom. The van der Waals surface area contributed by atoms with Gasteiger partial charge in [-0.15, -0.1) is 0 Å². The molecular formula is C16H20N2. The number of nitrogens with one attached hydrogen (secondary N) is 1. The van der Waals surface area contributed by atoms with Gasteiger partial charge in [0.15, 0.2) is 0 Å². The van der Waals surface area contributed by atoms with Crippen molar-refractivity contribution in [1.82, 2.24) is 0 Å². The summed E-state index contributed by atoms with van der Waals surface area (Å²) in [5, 5.41) is 8.01. The summed E-state index contributed by atoms with van der Waals surface area (Å²) in [5.41, 5.74) is 9.13. The Kier molecular flexibility index (Phi) is 3.37. The van der Waals surface area contributed by atoms with E-state index < -0.39 is 5.41 Å². The van der Waals surface area contributed by atoms with E-state index in [4.69, 9.17) is 11.1 Å². The third kappa shape index (κ3) is 1.99. The normalized spacial score (nSPS) is 22.7. The summed E-state index contributed by atoms with van der Waals surface area (Å²) in [4.78, 5) is 0. The lowest BCUT2D eigenvalue weighted by atomic mass is 9.71. The molecule has 94 valence electrons. The number of benzene rings is 1. The minimum atomic E-state index is -0.452. The average Bonchev–Trinajstić information content (AvgIpc) is 2.39. The van der Waals surface area contributed by atoms with Crippen LogP contribution >= 0.6 is 0 Å². The number of allylic oxidation sites excluding steroid dienone is 3. The Balaban J connectivity index is 2.56. The van der Waals surface area contributed by atoms with Crippen molar-refractivity contribution in [3.8, 4) is 0 Å². The maximum atomic E-state index is 8.01. The van der Waals surface area contributed by atoms with Crippen LogP contribution in [0.5, 0.6) is 0 Å². The van der Waals surface area contributed by atoms with Gasteiger partial charge in [-0.3, -0.25) is 5.41 Å². The van der Waals surface area contributed by atoms with Gasteiger partial charge in [-0.2, -0.15) is 0 Å². The van der Waals surface area contributed by atoms with E-state index in [1.807, 2.05) is 12.1 Å². The molecule has 0 fully saturated rings. The molecule has 0 heterocycles. The van der Waals surface area contributed by atoms with Gasteiger partial charge in [0.2, 0.25) is 0 Å². The van der Waals surface area contributed by atoms with Crippen molar-refractivity contribution in [3.05, 3.63) is 59.2 Å². The molecule has 1 aromatic rings. The third-order valence-corrected chi connectivity index (χ3v) is 3.74. The van der Waals surface area contributed by atoms with E-state index >= 15 is 0 Å². The smallest absolute Gasteiger partial charge is 0.106 e. The maximum Gasteiger partial charge on any atom is 0.106 e. The van der Waals surface area contributed by atoms with Crippen LogP contribution in [0.25, 0.3) is 0 Å². The van der Waals surface area contributed by atoms with Crippen molar-refractivity contribution >= 4 is 5.84 Å². The van der Waals surface area contributed by atoms with Crippen molar-refractivity contribution in [2.45, 2.75) is 32.1 Å². The summed E-state index contributed by atoms with van der Waals surface area (Å²) < 4.78 is 0. The number of nitrogens with two attached hydrogens (primary N) is 1. The Bertz CT molecular complexity index is 526. The zero-order valence-electron chi connectivity index (χ0n) is 11.0. The molecule has 3 N–H and O–H groups in total. The van der Waals surface area contributed by atoms with Crippen LogP contribution in [0.15, 0.2) is 48.1 Å². The molecule has 0 radical (unpaired) electrons. The van der Waals surface area contributed by atoms with Gasteiger partial charge in [-0.1, -0.05) is 55.0 Å². The second-order valence-corrected chi connectivity index (χ2v) is 4.88. The van der Waals surface area contributed by atoms with E-state index in [1.54, 1.807) is 0 Å². The highest BCUT2D eigenvalue weighted by Gasteiger charge is 2.34. The van der Waals surface area contributed by atoms with Crippen molar-refractivity contribution in [3.63, 3.8) is 0 Å². The van der Waals surface area contributed by atoms with Crippen LogP contribution in [0, 0.1) is 5.41 Å². The zero-order chi connectivity index (χ0) is 13.2. The molecule has 0 amide bonds. The van der Waals surface area contributed by atoms with E-state index in [0.717, 1.165) is 12.8 Å². The molecule has 2 heteroatoms. The molecule has 1 aromatic carbocycles. The van der Waals surface area contributed by atoms with Gasteiger partial charge in [0.1, 0.15) is 5.84 Å². The van der Waals surface area contributed by atoms with Gasteiger partial charge >= 0.3 is 0 Å². The molecule has 2 nitrogen and oxygen atoms in total. The molecule has 0 saturated carbocycles. The average molecular weight is 240 g/mol. The predicted octanol–water partition coefficient (Wildman–Crippen LogP) is 3.33. The summed E-state index contributed by atoms with van der Waals surface area (Å²) in [6.07, 6.45) is 8.05. The first-order valence-electron chi connectivity index (χ1n) is 6.39. The monoisotopic (exact) mass is 240 g/mol. The first-order chi connectivity index (χ1) is 8.60. The van der Waals surface area contributed by atoms with Crippen LogP contribution in [0.2, 0.25) is 0 Å². The number of hydrogen-bond acceptors (Lipinski definition) is 1. The van der Waals surface area contributed by atoms with Gasteiger partial charge in [0.25, 0.3) is 0 Å². The summed E-state index contributed by atoms with van der Waals surface area (Å²) in [6, 6.07) is 8.29. The largest absolute Gasteiger partial charge is 0.387 e. The molecule has 1 atom stereocenters. The lowest BCUT2D eigenvalue weighted by Crippen LogP contribution is -2.40. The summed E-state index contributed by atoms with van der Waals surface area (Å²) in [7, 11) is 0. The van der Waals surface area contributed by atoms with Gasteiger partial charge in [0.05, 0.1) is 5.41 Å². The van der Waals surface area contributed by atoms with E-state index in [1.165, 1.54) is 16.7 Å². The van der Waals surface area contributed by atoms with Gasteiger partial charge < -0.3 is 5.73 Å². The number of hydrogen-bond donors (Lipinski definition) is 2. The van der Waals surface area contributed by atoms with E-state index in [2.05, 4.69) is 44.2 Å². The topological polar surface area (TPSA) is 49.9 Å². The van der Waals surface area contributed by atoms with E-state index in [-0.39, 0.29) is 5.84 Å². The van der Waals surface area contributed by atoms with Crippen molar-refractivity contribution in [2.24, 2.45) is 5.73 Å². The minimum Gasteiger partial charge on any atom is -0.387 e. The lowest BCUT2D eigenvalue weighted by Gasteiger charge is -2.33. The third-order valence-electron chi connectivity index (χ3n) is 3.74. The minimum absolute atomic E-state index is 0.225. The Labute approximate surface area is 109 Å². The maximum absolute atomic E-state index is 8.01. The molecular weight excluding hydrogens is 220 g/mol. The summed E-state index contributed by atoms with van der Waals surface area (Å²) in [5.74, 6) is 0.225. The first kappa shape index (κ1) is 12.6. The molecule has 1 aliphatic carbocycles. The Morgan fingerprint density at radius 2 is 2.11 bits per heavy atom. The van der Waals surface area contributed by atoms with Crippen LogP contribution < -0.4 is 5.73 Å². The number of rotatable bonds is 3.